The number of nitrogens with zero attached hydrogens (tertiary/aromatic N) is 1. The van der Waals surface area contributed by atoms with E-state index in [-0.39, 0.29) is 0 Å². The van der Waals surface area contributed by atoms with Crippen LogP contribution in [0.5, 0.6) is 0 Å². The van der Waals surface area contributed by atoms with Gasteiger partial charge in [0.2, 0.25) is 10.0 Å². The average molecular weight is 392 g/mol. The Morgan fingerprint density at radius 3 is 2.30 bits per heavy atom. The molecule has 1 fully saturated rings. The summed E-state index contributed by atoms with van der Waals surface area (Å²) in [4.78, 5) is 14.7. The van der Waals surface area contributed by atoms with Crippen LogP contribution < -0.4 is 10.0 Å². The van der Waals surface area contributed by atoms with Crippen molar-refractivity contribution in [1.82, 2.24) is 9.62 Å². The van der Waals surface area contributed by atoms with E-state index >= 15 is 0 Å². The Hall–Kier alpha value is -1.60. The fraction of sp³-hybridized carbons (Fsp3) is 0.650. The lowest BCUT2D eigenvalue weighted by Crippen LogP contribution is -2.60. The highest BCUT2D eigenvalue weighted by Crippen LogP contribution is 2.38. The summed E-state index contributed by atoms with van der Waals surface area (Å²) >= 11 is 0. The van der Waals surface area contributed by atoms with Crippen molar-refractivity contribution in [3.63, 3.8) is 0 Å². The van der Waals surface area contributed by atoms with Crippen LogP contribution in [0, 0.1) is 0 Å². The van der Waals surface area contributed by atoms with Gasteiger partial charge in [-0.15, -0.1) is 0 Å². The number of anilines is 1. The topological polar surface area (TPSA) is 78.5 Å². The molecule has 0 aromatic heterocycles. The van der Waals surface area contributed by atoms with Crippen molar-refractivity contribution in [2.75, 3.05) is 18.4 Å². The number of sulfonamides is 1. The molecule has 1 aromatic rings. The zero-order chi connectivity index (χ0) is 19.2. The molecule has 0 spiro atoms. The van der Waals surface area contributed by atoms with Gasteiger partial charge in [0.1, 0.15) is 5.25 Å². The summed E-state index contributed by atoms with van der Waals surface area (Å²) in [5, 5.41) is 2.39. The summed E-state index contributed by atoms with van der Waals surface area (Å²) in [6, 6.07) is 2.05. The summed E-state index contributed by atoms with van der Waals surface area (Å²) < 4.78 is 27.3. The Labute approximate surface area is 161 Å². The van der Waals surface area contributed by atoms with Crippen LogP contribution in [0.25, 0.3) is 0 Å². The Bertz CT molecular complexity index is 827. The molecular weight excluding hydrogens is 362 g/mol. The second-order valence-electron chi connectivity index (χ2n) is 8.17. The Kier molecular flexibility index (Phi) is 4.93. The zero-order valence-electron chi connectivity index (χ0n) is 16.2. The number of fused-ring (bicyclic) bond motifs is 2. The van der Waals surface area contributed by atoms with Crippen LogP contribution >= 0.6 is 0 Å². The zero-order valence-corrected chi connectivity index (χ0v) is 17.0. The van der Waals surface area contributed by atoms with Crippen LogP contribution in [0.1, 0.15) is 55.4 Å². The summed E-state index contributed by atoms with van der Waals surface area (Å²) in [5.41, 5.74) is 5.92. The number of aryl methyl sites for hydroxylation is 2. The third-order valence-corrected chi connectivity index (χ3v) is 8.12. The number of hydrogen-bond acceptors (Lipinski definition) is 4. The highest BCUT2D eigenvalue weighted by atomic mass is 32.2. The van der Waals surface area contributed by atoms with Gasteiger partial charge in [0.15, 0.2) is 0 Å². The van der Waals surface area contributed by atoms with Crippen LogP contribution in [-0.2, 0) is 35.7 Å². The Balaban J connectivity index is 1.45. The van der Waals surface area contributed by atoms with Gasteiger partial charge < -0.3 is 5.32 Å². The fourth-order valence-corrected chi connectivity index (χ4v) is 5.85. The lowest BCUT2D eigenvalue weighted by Gasteiger charge is -2.42. The second kappa shape index (κ2) is 7.09. The van der Waals surface area contributed by atoms with Crippen molar-refractivity contribution >= 4 is 21.7 Å². The molecule has 0 bridgehead atoms. The first-order chi connectivity index (χ1) is 12.9. The van der Waals surface area contributed by atoms with Crippen LogP contribution in [-0.4, -0.2) is 43.7 Å². The van der Waals surface area contributed by atoms with E-state index in [1.165, 1.54) is 22.3 Å². The van der Waals surface area contributed by atoms with Gasteiger partial charge >= 0.3 is 6.03 Å². The molecule has 1 aliphatic heterocycles. The largest absolute Gasteiger partial charge is 0.332 e. The molecular formula is C20H29N3O3S. The predicted octanol–water partition coefficient (Wildman–Crippen LogP) is 2.60. The molecule has 0 radical (unpaired) electrons. The average Bonchev–Trinajstić information content (AvgIpc) is 3.20. The monoisotopic (exact) mass is 391 g/mol. The third-order valence-electron chi connectivity index (χ3n) is 6.48. The number of benzene rings is 1. The van der Waals surface area contributed by atoms with Crippen LogP contribution in [0.3, 0.4) is 0 Å². The summed E-state index contributed by atoms with van der Waals surface area (Å²) in [7, 11) is -3.65. The van der Waals surface area contributed by atoms with Crippen molar-refractivity contribution in [2.24, 2.45) is 0 Å². The van der Waals surface area contributed by atoms with Gasteiger partial charge in [-0.1, -0.05) is 13.0 Å². The van der Waals surface area contributed by atoms with E-state index in [0.29, 0.717) is 19.1 Å². The van der Waals surface area contributed by atoms with Gasteiger partial charge in [-0.3, -0.25) is 4.90 Å². The van der Waals surface area contributed by atoms with Gasteiger partial charge in [-0.05, 0) is 74.1 Å². The predicted molar refractivity (Wildman–Crippen MR) is 107 cm³/mol. The maximum Gasteiger partial charge on any atom is 0.332 e. The molecule has 2 N–H and O–H groups in total. The Morgan fingerprint density at radius 2 is 1.74 bits per heavy atom. The summed E-state index contributed by atoms with van der Waals surface area (Å²) in [6.45, 7) is 5.18. The van der Waals surface area contributed by atoms with Gasteiger partial charge in [0.25, 0.3) is 0 Å². The number of carbonyl (C=O) groups is 1. The molecule has 27 heavy (non-hydrogen) atoms. The molecule has 148 valence electrons. The second-order valence-corrected chi connectivity index (χ2v) is 10.1. The van der Waals surface area contributed by atoms with Crippen molar-refractivity contribution in [3.8, 4) is 0 Å². The number of likely N-dealkylation sites (tertiary alicyclic amines) is 1. The van der Waals surface area contributed by atoms with E-state index in [1.807, 2.05) is 0 Å². The first kappa shape index (κ1) is 18.7. The van der Waals surface area contributed by atoms with Gasteiger partial charge in [0, 0.05) is 24.8 Å². The standard InChI is InChI=1S/C20H29N3O3S/c1-3-13(2)23-11-16(12-23)27(25,26)22-20(24)21-19-17-8-4-6-14(17)10-15-7-5-9-18(15)19/h10,13,16H,3-9,11-12H2,1-2H3,(H2,21,22,24). The minimum atomic E-state index is -3.65. The maximum absolute atomic E-state index is 12.5. The van der Waals surface area contributed by atoms with E-state index in [4.69, 9.17) is 0 Å². The molecule has 2 amide bonds. The van der Waals surface area contributed by atoms with Crippen LogP contribution in [0.2, 0.25) is 0 Å². The maximum atomic E-state index is 12.5. The number of hydrogen-bond donors (Lipinski definition) is 2. The molecule has 0 saturated carbocycles. The number of nitrogens with one attached hydrogen (secondary N) is 2. The van der Waals surface area contributed by atoms with Crippen molar-refractivity contribution in [2.45, 2.75) is 70.1 Å². The molecule has 7 heteroatoms. The molecule has 1 saturated heterocycles. The summed E-state index contributed by atoms with van der Waals surface area (Å²) in [6.07, 6.45) is 7.19. The lowest BCUT2D eigenvalue weighted by atomic mass is 9.99. The number of amides is 2. The first-order valence-corrected chi connectivity index (χ1v) is 11.7. The van der Waals surface area contributed by atoms with E-state index in [1.54, 1.807) is 0 Å². The van der Waals surface area contributed by atoms with Crippen LogP contribution in [0.4, 0.5) is 10.5 Å². The van der Waals surface area contributed by atoms with Gasteiger partial charge in [-0.25, -0.2) is 17.9 Å². The third kappa shape index (κ3) is 3.47. The highest BCUT2D eigenvalue weighted by Gasteiger charge is 2.40. The number of urea groups is 1. The molecule has 3 aliphatic rings. The van der Waals surface area contributed by atoms with E-state index in [2.05, 4.69) is 34.9 Å². The molecule has 1 aromatic carbocycles. The van der Waals surface area contributed by atoms with E-state index < -0.39 is 21.3 Å². The fourth-order valence-electron chi connectivity index (χ4n) is 4.60. The molecule has 1 atom stereocenters. The number of rotatable bonds is 5. The van der Waals surface area contributed by atoms with Crippen molar-refractivity contribution < 1.29 is 13.2 Å². The quantitative estimate of drug-likeness (QED) is 0.809. The highest BCUT2D eigenvalue weighted by molar-refractivity contribution is 7.90. The van der Waals surface area contributed by atoms with E-state index in [0.717, 1.165) is 50.6 Å². The molecule has 2 aliphatic carbocycles. The van der Waals surface area contributed by atoms with Crippen molar-refractivity contribution in [3.05, 3.63) is 28.3 Å². The van der Waals surface area contributed by atoms with Crippen LogP contribution in [0.15, 0.2) is 6.07 Å². The SMILES string of the molecule is CCC(C)N1CC(S(=O)(=O)NC(=O)Nc2c3c(cc4c2CCC4)CCC3)C1. The normalized spacial score (nSPS) is 20.7. The van der Waals surface area contributed by atoms with E-state index in [9.17, 15) is 13.2 Å². The Morgan fingerprint density at radius 1 is 1.15 bits per heavy atom. The van der Waals surface area contributed by atoms with Gasteiger partial charge in [-0.2, -0.15) is 0 Å². The molecule has 4 rings (SSSR count). The van der Waals surface area contributed by atoms with Gasteiger partial charge in [0.05, 0.1) is 0 Å². The summed E-state index contributed by atoms with van der Waals surface area (Å²) in [5.74, 6) is 0. The molecule has 1 unspecified atom stereocenters. The molecule has 1 heterocycles. The lowest BCUT2D eigenvalue weighted by molar-refractivity contribution is 0.128. The number of carbonyl (C=O) groups excluding carboxylic acids is 1. The smallest absolute Gasteiger partial charge is 0.307 e. The minimum absolute atomic E-state index is 0.375. The van der Waals surface area contributed by atoms with Crippen molar-refractivity contribution in [1.29, 1.82) is 0 Å². The minimum Gasteiger partial charge on any atom is -0.307 e. The first-order valence-electron chi connectivity index (χ1n) is 10.1. The molecule has 6 nitrogen and oxygen atoms in total.